The van der Waals surface area contributed by atoms with E-state index in [1.165, 1.54) is 30.2 Å². The summed E-state index contributed by atoms with van der Waals surface area (Å²) in [5.74, 6) is -2.33. The van der Waals surface area contributed by atoms with Crippen molar-refractivity contribution in [1.29, 1.82) is 0 Å². The predicted octanol–water partition coefficient (Wildman–Crippen LogP) is 6.87. The summed E-state index contributed by atoms with van der Waals surface area (Å²) in [7, 11) is 0. The molecule has 1 aromatic carbocycles. The van der Waals surface area contributed by atoms with Gasteiger partial charge in [0.25, 0.3) is 5.91 Å². The van der Waals surface area contributed by atoms with E-state index < -0.39 is 47.2 Å². The molecule has 5 amide bonds. The van der Waals surface area contributed by atoms with E-state index in [-0.39, 0.29) is 18.5 Å². The van der Waals surface area contributed by atoms with Crippen LogP contribution in [-0.4, -0.2) is 71.7 Å². The largest absolute Gasteiger partial charge is 0.346 e. The van der Waals surface area contributed by atoms with E-state index in [9.17, 15) is 24.0 Å². The minimum absolute atomic E-state index is 0.0956. The maximum Gasteiger partial charge on any atom is 0.315 e. The van der Waals surface area contributed by atoms with E-state index >= 15 is 0 Å². The number of rotatable bonds is 19. The van der Waals surface area contributed by atoms with Crippen molar-refractivity contribution < 1.29 is 24.0 Å². The van der Waals surface area contributed by atoms with E-state index in [4.69, 9.17) is 0 Å². The Hall–Kier alpha value is -3.69. The summed E-state index contributed by atoms with van der Waals surface area (Å²) in [6.45, 7) is 21.7. The highest BCUT2D eigenvalue weighted by Crippen LogP contribution is 2.26. The number of likely N-dealkylation sites (tertiary alicyclic amines) is 1. The zero-order valence-electron chi connectivity index (χ0n) is 32.7. The molecule has 0 spiro atoms. The summed E-state index contributed by atoms with van der Waals surface area (Å²) in [5, 5.41) is 11.3. The molecular weight excluding hydrogens is 630 g/mol. The summed E-state index contributed by atoms with van der Waals surface area (Å²) < 4.78 is 0. The van der Waals surface area contributed by atoms with Gasteiger partial charge in [-0.25, -0.2) is 4.79 Å². The minimum atomic E-state index is -0.995. The number of carbonyl (C=O) groups is 5. The molecule has 1 saturated heterocycles. The number of nitrogens with one attached hydrogen (secondary N) is 4. The lowest BCUT2D eigenvalue weighted by atomic mass is 9.85. The van der Waals surface area contributed by atoms with E-state index in [1.807, 2.05) is 73.6 Å². The quantitative estimate of drug-likeness (QED) is 0.0710. The van der Waals surface area contributed by atoms with Crippen molar-refractivity contribution >= 4 is 29.5 Å². The van der Waals surface area contributed by atoms with Gasteiger partial charge in [0.2, 0.25) is 17.6 Å². The average molecular weight is 700 g/mol. The molecule has 50 heavy (non-hydrogen) atoms. The molecule has 10 nitrogen and oxygen atoms in total. The number of urea groups is 1. The zero-order valence-corrected chi connectivity index (χ0v) is 32.7. The van der Waals surface area contributed by atoms with E-state index in [1.54, 1.807) is 0 Å². The van der Waals surface area contributed by atoms with Crippen molar-refractivity contribution in [2.75, 3.05) is 13.1 Å². The van der Waals surface area contributed by atoms with Crippen LogP contribution in [0, 0.1) is 5.41 Å². The number of ketones is 1. The van der Waals surface area contributed by atoms with Crippen LogP contribution >= 0.6 is 0 Å². The molecule has 0 radical (unpaired) electrons. The second kappa shape index (κ2) is 26.2. The van der Waals surface area contributed by atoms with Gasteiger partial charge >= 0.3 is 6.03 Å². The van der Waals surface area contributed by atoms with E-state index in [0.717, 1.165) is 24.8 Å². The zero-order chi connectivity index (χ0) is 38.1. The molecule has 284 valence electrons. The van der Waals surface area contributed by atoms with Crippen LogP contribution in [0.2, 0.25) is 0 Å². The van der Waals surface area contributed by atoms with Gasteiger partial charge in [-0.2, -0.15) is 0 Å². The Labute approximate surface area is 303 Å². The van der Waals surface area contributed by atoms with Crippen LogP contribution in [0.4, 0.5) is 4.79 Å². The van der Waals surface area contributed by atoms with Gasteiger partial charge < -0.3 is 26.2 Å². The van der Waals surface area contributed by atoms with Gasteiger partial charge in [0.1, 0.15) is 12.1 Å². The Morgan fingerprint density at radius 2 is 1.52 bits per heavy atom. The van der Waals surface area contributed by atoms with Crippen molar-refractivity contribution in [2.45, 2.75) is 157 Å². The molecule has 1 aliphatic heterocycles. The van der Waals surface area contributed by atoms with Crippen LogP contribution in [-0.2, 0) is 25.6 Å². The molecule has 3 unspecified atom stereocenters. The first kappa shape index (κ1) is 46.3. The van der Waals surface area contributed by atoms with Gasteiger partial charge in [-0.15, -0.1) is 6.58 Å². The lowest BCUT2D eigenvalue weighted by Crippen LogP contribution is -2.60. The summed E-state index contributed by atoms with van der Waals surface area (Å²) in [5.41, 5.74) is 0.491. The van der Waals surface area contributed by atoms with E-state index in [2.05, 4.69) is 46.9 Å². The first-order valence-corrected chi connectivity index (χ1v) is 19.1. The second-order valence-corrected chi connectivity index (χ2v) is 13.4. The molecule has 1 aliphatic rings. The van der Waals surface area contributed by atoms with Crippen LogP contribution in [0.5, 0.6) is 0 Å². The van der Waals surface area contributed by atoms with Gasteiger partial charge in [0.15, 0.2) is 0 Å². The van der Waals surface area contributed by atoms with Gasteiger partial charge in [0, 0.05) is 19.1 Å². The summed E-state index contributed by atoms with van der Waals surface area (Å²) in [4.78, 5) is 67.5. The van der Waals surface area contributed by atoms with Crippen molar-refractivity contribution in [3.8, 4) is 0 Å². The molecule has 4 N–H and O–H groups in total. The predicted molar refractivity (Wildman–Crippen MR) is 205 cm³/mol. The number of Topliss-reactive ketones (excluding diaryl/α,β-unsaturated/α-hetero) is 1. The fourth-order valence-corrected chi connectivity index (χ4v) is 5.83. The van der Waals surface area contributed by atoms with Crippen LogP contribution in [0.3, 0.4) is 0 Å². The SMILES string of the molecule is C=CCNC(=O)C(=O)C(CCC)NC(=O)[C@@H]1CCCN1C(=O)C(NC(=O)NC(CCCCCCC)Cc1ccccc1)C(C)(C)C.CC.CC. The molecular formula is C40H69N5O5. The first-order valence-electron chi connectivity index (χ1n) is 19.1. The number of amides is 5. The molecule has 0 aliphatic carbocycles. The Balaban J connectivity index is 0.00000578. The number of hydrogen-bond donors (Lipinski definition) is 4. The van der Waals surface area contributed by atoms with Gasteiger partial charge in [-0.3, -0.25) is 19.2 Å². The number of unbranched alkanes of at least 4 members (excludes halogenated alkanes) is 4. The molecule has 0 bridgehead atoms. The normalized spacial score (nSPS) is 15.5. The second-order valence-electron chi connectivity index (χ2n) is 13.4. The fraction of sp³-hybridized carbons (Fsp3) is 0.675. The van der Waals surface area contributed by atoms with Crippen molar-refractivity contribution in [1.82, 2.24) is 26.2 Å². The highest BCUT2D eigenvalue weighted by molar-refractivity contribution is 6.38. The minimum Gasteiger partial charge on any atom is -0.346 e. The topological polar surface area (TPSA) is 137 Å². The fourth-order valence-electron chi connectivity index (χ4n) is 5.83. The molecule has 1 fully saturated rings. The van der Waals surface area contributed by atoms with Crippen molar-refractivity contribution in [3.63, 3.8) is 0 Å². The monoisotopic (exact) mass is 700 g/mol. The number of hydrogen-bond acceptors (Lipinski definition) is 5. The van der Waals surface area contributed by atoms with Crippen LogP contribution in [0.25, 0.3) is 0 Å². The third-order valence-corrected chi connectivity index (χ3v) is 8.38. The number of nitrogens with zero attached hydrogens (tertiary/aromatic N) is 1. The highest BCUT2D eigenvalue weighted by Gasteiger charge is 2.42. The maximum absolute atomic E-state index is 14.0. The van der Waals surface area contributed by atoms with Crippen LogP contribution < -0.4 is 21.3 Å². The molecule has 10 heteroatoms. The van der Waals surface area contributed by atoms with Gasteiger partial charge in [0.05, 0.1) is 6.04 Å². The third kappa shape index (κ3) is 16.8. The Morgan fingerprint density at radius 1 is 0.880 bits per heavy atom. The standard InChI is InChI=1S/C36H57N5O5.2C2H6/c1-7-10-11-12-16-21-27(25-26-19-14-13-15-20-26)38-35(46)40-31(36(4,5)6)34(45)41-24-17-22-29(41)32(43)39-28(18-8-2)30(42)33(44)37-23-9-3;2*1-2/h9,13-15,19-20,27-29,31H,3,7-8,10-12,16-18,21-25H2,1-2,4-6H3,(H,37,44)(H,39,43)(H2,38,40,46);2*1-2H3/t27?,28?,29-,31?;;/m0../s1. The van der Waals surface area contributed by atoms with Gasteiger partial charge in [-0.1, -0.05) is 137 Å². The smallest absolute Gasteiger partial charge is 0.315 e. The molecule has 0 saturated carbocycles. The summed E-state index contributed by atoms with van der Waals surface area (Å²) >= 11 is 0. The molecule has 4 atom stereocenters. The lowest BCUT2D eigenvalue weighted by Gasteiger charge is -2.36. The molecule has 0 aromatic heterocycles. The van der Waals surface area contributed by atoms with Crippen molar-refractivity contribution in [3.05, 3.63) is 48.6 Å². The Bertz CT molecular complexity index is 1150. The summed E-state index contributed by atoms with van der Waals surface area (Å²) in [6, 6.07) is 6.85. The van der Waals surface area contributed by atoms with Crippen molar-refractivity contribution in [2.24, 2.45) is 5.41 Å². The molecule has 1 heterocycles. The van der Waals surface area contributed by atoms with Crippen LogP contribution in [0.15, 0.2) is 43.0 Å². The molecule has 2 rings (SSSR count). The first-order chi connectivity index (χ1) is 23.9. The number of carbonyl (C=O) groups excluding carboxylic acids is 5. The Morgan fingerprint density at radius 3 is 2.10 bits per heavy atom. The molecule has 1 aromatic rings. The van der Waals surface area contributed by atoms with Gasteiger partial charge in [-0.05, 0) is 43.1 Å². The number of benzene rings is 1. The summed E-state index contributed by atoms with van der Waals surface area (Å²) in [6.07, 6.45) is 10.5. The highest BCUT2D eigenvalue weighted by atomic mass is 16.2. The van der Waals surface area contributed by atoms with E-state index in [0.29, 0.717) is 38.6 Å². The lowest BCUT2D eigenvalue weighted by molar-refractivity contribution is -0.143. The third-order valence-electron chi connectivity index (χ3n) is 8.38. The average Bonchev–Trinajstić information content (AvgIpc) is 3.61. The Kier molecular flexibility index (Phi) is 24.2. The van der Waals surface area contributed by atoms with Crippen LogP contribution in [0.1, 0.15) is 132 Å². The maximum atomic E-state index is 14.0.